The van der Waals surface area contributed by atoms with Gasteiger partial charge in [-0.2, -0.15) is 0 Å². The molecule has 1 aromatic carbocycles. The lowest BCUT2D eigenvalue weighted by Crippen LogP contribution is -2.42. The van der Waals surface area contributed by atoms with Crippen molar-refractivity contribution in [2.45, 2.75) is 19.8 Å². The molecule has 0 fully saturated rings. The molecule has 0 atom stereocenters. The van der Waals surface area contributed by atoms with Crippen molar-refractivity contribution in [1.29, 1.82) is 0 Å². The van der Waals surface area contributed by atoms with E-state index in [0.29, 0.717) is 5.56 Å². The van der Waals surface area contributed by atoms with Crippen molar-refractivity contribution in [3.63, 3.8) is 0 Å². The van der Waals surface area contributed by atoms with E-state index in [-0.39, 0.29) is 18.4 Å². The third-order valence-corrected chi connectivity index (χ3v) is 3.91. The lowest BCUT2D eigenvalue weighted by molar-refractivity contribution is -0.168. The summed E-state index contributed by atoms with van der Waals surface area (Å²) in [6.07, 6.45) is 6.30. The summed E-state index contributed by atoms with van der Waals surface area (Å²) in [6, 6.07) is 7.35. The Hall–Kier alpha value is -3.07. The van der Waals surface area contributed by atoms with Gasteiger partial charge in [-0.15, -0.1) is 12.3 Å². The highest BCUT2D eigenvalue weighted by Crippen LogP contribution is 2.34. The molecule has 0 radical (unpaired) electrons. The van der Waals surface area contributed by atoms with Gasteiger partial charge in [-0.1, -0.05) is 29.8 Å². The van der Waals surface area contributed by atoms with Crippen molar-refractivity contribution in [1.82, 2.24) is 0 Å². The summed E-state index contributed by atoms with van der Waals surface area (Å²) in [6.45, 7) is 1.93. The molecule has 1 rings (SSSR count). The van der Waals surface area contributed by atoms with E-state index in [0.717, 1.165) is 19.8 Å². The molecule has 6 heteroatoms. The third kappa shape index (κ3) is 4.73. The summed E-state index contributed by atoms with van der Waals surface area (Å²) in [5, 5.41) is 0. The predicted molar refractivity (Wildman–Crippen MR) is 95.7 cm³/mol. The molecule has 0 aliphatic carbocycles. The summed E-state index contributed by atoms with van der Waals surface area (Å²) in [5.74, 6) is -0.137. The van der Waals surface area contributed by atoms with Crippen molar-refractivity contribution < 1.29 is 28.6 Å². The van der Waals surface area contributed by atoms with E-state index < -0.39 is 23.3 Å². The number of carbonyl (C=O) groups is 3. The minimum absolute atomic E-state index is 0.0994. The first-order valence-electron chi connectivity index (χ1n) is 7.80. The van der Waals surface area contributed by atoms with Crippen LogP contribution in [-0.4, -0.2) is 39.2 Å². The van der Waals surface area contributed by atoms with Crippen LogP contribution >= 0.6 is 0 Å². The van der Waals surface area contributed by atoms with Crippen molar-refractivity contribution >= 4 is 24.0 Å². The number of hydrogen-bond acceptors (Lipinski definition) is 6. The zero-order chi connectivity index (χ0) is 19.7. The van der Waals surface area contributed by atoms with Gasteiger partial charge in [0.2, 0.25) is 0 Å². The normalized spacial score (nSPS) is 11.3. The number of benzene rings is 1. The summed E-state index contributed by atoms with van der Waals surface area (Å²) in [7, 11) is 3.49. The lowest BCUT2D eigenvalue weighted by atomic mass is 9.78. The van der Waals surface area contributed by atoms with E-state index in [9.17, 15) is 14.4 Å². The first-order chi connectivity index (χ1) is 12.3. The number of hydrogen-bond donors (Lipinski definition) is 0. The monoisotopic (exact) mass is 358 g/mol. The second-order valence-corrected chi connectivity index (χ2v) is 5.69. The van der Waals surface area contributed by atoms with Crippen LogP contribution in [0.4, 0.5) is 0 Å². The smallest absolute Gasteiger partial charge is 0.333 e. The molecule has 0 spiro atoms. The van der Waals surface area contributed by atoms with Crippen LogP contribution < -0.4 is 0 Å². The van der Waals surface area contributed by atoms with Crippen LogP contribution in [0.15, 0.2) is 29.8 Å². The van der Waals surface area contributed by atoms with Gasteiger partial charge in [-0.3, -0.25) is 9.59 Å². The Labute approximate surface area is 153 Å². The van der Waals surface area contributed by atoms with Crippen molar-refractivity contribution in [2.24, 2.45) is 5.41 Å². The Morgan fingerprint density at radius 3 is 2.00 bits per heavy atom. The van der Waals surface area contributed by atoms with E-state index in [1.54, 1.807) is 18.2 Å². The molecule has 0 aliphatic rings. The third-order valence-electron chi connectivity index (χ3n) is 3.91. The molecule has 0 heterocycles. The molecular weight excluding hydrogens is 336 g/mol. The van der Waals surface area contributed by atoms with Gasteiger partial charge < -0.3 is 14.2 Å². The minimum Gasteiger partial charge on any atom is -0.468 e. The fourth-order valence-electron chi connectivity index (χ4n) is 2.50. The van der Waals surface area contributed by atoms with Crippen LogP contribution in [0.1, 0.15) is 24.0 Å². The first-order valence-corrected chi connectivity index (χ1v) is 7.80. The maximum absolute atomic E-state index is 12.4. The van der Waals surface area contributed by atoms with Crippen molar-refractivity contribution in [3.05, 3.63) is 41.0 Å². The Bertz CT molecular complexity index is 721. The Kier molecular flexibility index (Phi) is 7.60. The number of carbonyl (C=O) groups excluding carboxylic acids is 3. The Balaban J connectivity index is 3.45. The summed E-state index contributed by atoms with van der Waals surface area (Å²) >= 11 is 0. The minimum atomic E-state index is -1.83. The van der Waals surface area contributed by atoms with Crippen LogP contribution in [0.25, 0.3) is 6.08 Å². The highest BCUT2D eigenvalue weighted by Gasteiger charge is 2.49. The van der Waals surface area contributed by atoms with Gasteiger partial charge in [-0.05, 0) is 18.6 Å². The molecule has 6 nitrogen and oxygen atoms in total. The van der Waals surface area contributed by atoms with Gasteiger partial charge in [0, 0.05) is 18.4 Å². The fourth-order valence-corrected chi connectivity index (χ4v) is 2.50. The Morgan fingerprint density at radius 1 is 1.04 bits per heavy atom. The van der Waals surface area contributed by atoms with E-state index in [1.807, 2.05) is 19.1 Å². The molecule has 1 aromatic rings. The topological polar surface area (TPSA) is 78.9 Å². The van der Waals surface area contributed by atoms with Crippen LogP contribution in [0, 0.1) is 24.7 Å². The number of methoxy groups -OCH3 is 3. The van der Waals surface area contributed by atoms with Gasteiger partial charge in [0.05, 0.1) is 21.3 Å². The quantitative estimate of drug-likeness (QED) is 0.245. The molecule has 0 aromatic heterocycles. The molecule has 0 amide bonds. The van der Waals surface area contributed by atoms with Crippen LogP contribution in [0.3, 0.4) is 0 Å². The van der Waals surface area contributed by atoms with Gasteiger partial charge >= 0.3 is 17.9 Å². The molecule has 0 aliphatic heterocycles. The number of esters is 3. The zero-order valence-corrected chi connectivity index (χ0v) is 15.3. The molecule has 0 bridgehead atoms. The average Bonchev–Trinajstić information content (AvgIpc) is 2.66. The maximum atomic E-state index is 12.4. The standard InChI is InChI=1S/C20H22O6/c1-6-11-20(18(22)25-4,19(23)26-5)13-16(17(21)24-3)12-15-9-7-14(2)8-10-15/h1,7-10,12H,11,13H2,2-5H3/b16-12-. The second-order valence-electron chi connectivity index (χ2n) is 5.69. The Morgan fingerprint density at radius 2 is 1.58 bits per heavy atom. The summed E-state index contributed by atoms with van der Waals surface area (Å²) < 4.78 is 14.3. The van der Waals surface area contributed by atoms with Gasteiger partial charge in [0.15, 0.2) is 5.41 Å². The SMILES string of the molecule is C#CCC(C/C(=C/c1ccc(C)cc1)C(=O)OC)(C(=O)OC)C(=O)OC. The number of rotatable bonds is 7. The van der Waals surface area contributed by atoms with Crippen LogP contribution in [-0.2, 0) is 28.6 Å². The van der Waals surface area contributed by atoms with Gasteiger partial charge in [-0.25, -0.2) is 4.79 Å². The number of aryl methyl sites for hydroxylation is 1. The van der Waals surface area contributed by atoms with Crippen molar-refractivity contribution in [2.75, 3.05) is 21.3 Å². The largest absolute Gasteiger partial charge is 0.468 e. The summed E-state index contributed by atoms with van der Waals surface area (Å²) in [4.78, 5) is 37.0. The van der Waals surface area contributed by atoms with E-state index in [2.05, 4.69) is 5.92 Å². The fraction of sp³-hybridized carbons (Fsp3) is 0.350. The number of ether oxygens (including phenoxy) is 3. The maximum Gasteiger partial charge on any atom is 0.333 e. The summed E-state index contributed by atoms with van der Waals surface area (Å²) in [5.41, 5.74) is 0.0264. The highest BCUT2D eigenvalue weighted by atomic mass is 16.5. The first kappa shape index (κ1) is 21.0. The van der Waals surface area contributed by atoms with E-state index in [4.69, 9.17) is 20.6 Å². The average molecular weight is 358 g/mol. The van der Waals surface area contributed by atoms with E-state index in [1.165, 1.54) is 7.11 Å². The molecule has 26 heavy (non-hydrogen) atoms. The van der Waals surface area contributed by atoms with E-state index >= 15 is 0 Å². The molecule has 0 unspecified atom stereocenters. The second kappa shape index (κ2) is 9.42. The van der Waals surface area contributed by atoms with Gasteiger partial charge in [0.25, 0.3) is 0 Å². The number of terminal acetylenes is 1. The van der Waals surface area contributed by atoms with Crippen LogP contribution in [0.5, 0.6) is 0 Å². The zero-order valence-electron chi connectivity index (χ0n) is 15.3. The molecular formula is C20H22O6. The molecule has 0 saturated carbocycles. The van der Waals surface area contributed by atoms with Crippen LogP contribution in [0.2, 0.25) is 0 Å². The molecule has 138 valence electrons. The molecule has 0 saturated heterocycles. The van der Waals surface area contributed by atoms with Crippen molar-refractivity contribution in [3.8, 4) is 12.3 Å². The highest BCUT2D eigenvalue weighted by molar-refractivity contribution is 6.03. The molecule has 0 N–H and O–H groups in total. The lowest BCUT2D eigenvalue weighted by Gasteiger charge is -2.26. The predicted octanol–water partition coefficient (Wildman–Crippen LogP) is 2.30. The van der Waals surface area contributed by atoms with Gasteiger partial charge in [0.1, 0.15) is 0 Å².